The lowest BCUT2D eigenvalue weighted by atomic mass is 9.88. The second-order valence-corrected chi connectivity index (χ2v) is 4.00. The van der Waals surface area contributed by atoms with E-state index < -0.39 is 5.54 Å². The average molecular weight is 195 g/mol. The van der Waals surface area contributed by atoms with E-state index in [0.29, 0.717) is 5.56 Å². The largest absolute Gasteiger partial charge is 0.322 e. The molecular formula is C12H18FN. The van der Waals surface area contributed by atoms with Crippen LogP contribution in [0, 0.1) is 5.82 Å². The van der Waals surface area contributed by atoms with E-state index in [2.05, 4.69) is 6.92 Å². The van der Waals surface area contributed by atoms with Crippen LogP contribution in [0.2, 0.25) is 0 Å². The van der Waals surface area contributed by atoms with Crippen LogP contribution in [-0.4, -0.2) is 0 Å². The maximum absolute atomic E-state index is 13.4. The SMILES string of the molecule is CCCCC(C)(N)c1ccccc1F. The Balaban J connectivity index is 2.86. The van der Waals surface area contributed by atoms with Crippen LogP contribution in [0.25, 0.3) is 0 Å². The van der Waals surface area contributed by atoms with Gasteiger partial charge in [-0.3, -0.25) is 0 Å². The van der Waals surface area contributed by atoms with E-state index >= 15 is 0 Å². The summed E-state index contributed by atoms with van der Waals surface area (Å²) < 4.78 is 13.4. The zero-order chi connectivity index (χ0) is 10.6. The summed E-state index contributed by atoms with van der Waals surface area (Å²) in [4.78, 5) is 0. The minimum absolute atomic E-state index is 0.200. The van der Waals surface area contributed by atoms with Gasteiger partial charge in [-0.25, -0.2) is 4.39 Å². The Morgan fingerprint density at radius 1 is 1.36 bits per heavy atom. The molecule has 0 fully saturated rings. The monoisotopic (exact) mass is 195 g/mol. The molecule has 78 valence electrons. The summed E-state index contributed by atoms with van der Waals surface area (Å²) >= 11 is 0. The van der Waals surface area contributed by atoms with Gasteiger partial charge in [-0.05, 0) is 19.4 Å². The molecule has 1 aromatic carbocycles. The van der Waals surface area contributed by atoms with E-state index in [0.717, 1.165) is 19.3 Å². The fourth-order valence-corrected chi connectivity index (χ4v) is 1.60. The molecule has 0 amide bonds. The molecule has 0 radical (unpaired) electrons. The molecule has 0 heterocycles. The van der Waals surface area contributed by atoms with E-state index in [1.807, 2.05) is 13.0 Å². The Labute approximate surface area is 85.1 Å². The highest BCUT2D eigenvalue weighted by molar-refractivity contribution is 5.24. The number of unbranched alkanes of at least 4 members (excludes halogenated alkanes) is 1. The van der Waals surface area contributed by atoms with Crippen LogP contribution in [0.4, 0.5) is 4.39 Å². The molecular weight excluding hydrogens is 177 g/mol. The van der Waals surface area contributed by atoms with E-state index in [1.165, 1.54) is 6.07 Å². The average Bonchev–Trinajstić information content (AvgIpc) is 2.15. The van der Waals surface area contributed by atoms with Crippen LogP contribution < -0.4 is 5.73 Å². The molecule has 0 saturated carbocycles. The summed E-state index contributed by atoms with van der Waals surface area (Å²) in [5.74, 6) is -0.200. The number of hydrogen-bond acceptors (Lipinski definition) is 1. The van der Waals surface area contributed by atoms with Crippen molar-refractivity contribution < 1.29 is 4.39 Å². The van der Waals surface area contributed by atoms with Gasteiger partial charge in [0.1, 0.15) is 5.82 Å². The molecule has 0 spiro atoms. The first-order chi connectivity index (χ1) is 6.58. The van der Waals surface area contributed by atoms with Crippen LogP contribution in [0.3, 0.4) is 0 Å². The first-order valence-electron chi connectivity index (χ1n) is 5.12. The molecule has 1 unspecified atom stereocenters. The molecule has 0 saturated heterocycles. The van der Waals surface area contributed by atoms with Gasteiger partial charge in [0.2, 0.25) is 0 Å². The molecule has 0 aliphatic heterocycles. The van der Waals surface area contributed by atoms with Crippen molar-refractivity contribution in [1.82, 2.24) is 0 Å². The summed E-state index contributed by atoms with van der Waals surface area (Å²) in [7, 11) is 0. The van der Waals surface area contributed by atoms with E-state index in [9.17, 15) is 4.39 Å². The number of hydrogen-bond donors (Lipinski definition) is 1. The van der Waals surface area contributed by atoms with Gasteiger partial charge in [-0.1, -0.05) is 38.0 Å². The predicted molar refractivity (Wildman–Crippen MR) is 57.5 cm³/mol. The van der Waals surface area contributed by atoms with Crippen molar-refractivity contribution in [3.8, 4) is 0 Å². The molecule has 14 heavy (non-hydrogen) atoms. The summed E-state index contributed by atoms with van der Waals surface area (Å²) in [6.45, 7) is 4.00. The zero-order valence-electron chi connectivity index (χ0n) is 8.89. The second-order valence-electron chi connectivity index (χ2n) is 4.00. The Morgan fingerprint density at radius 3 is 2.57 bits per heavy atom. The lowest BCUT2D eigenvalue weighted by Gasteiger charge is -2.25. The third kappa shape index (κ3) is 2.55. The second kappa shape index (κ2) is 4.56. The van der Waals surface area contributed by atoms with Crippen LogP contribution in [0.1, 0.15) is 38.7 Å². The van der Waals surface area contributed by atoms with Gasteiger partial charge in [0.15, 0.2) is 0 Å². The normalized spacial score (nSPS) is 15.1. The molecule has 2 heteroatoms. The van der Waals surface area contributed by atoms with Crippen LogP contribution >= 0.6 is 0 Å². The number of nitrogens with two attached hydrogens (primary N) is 1. The quantitative estimate of drug-likeness (QED) is 0.784. The van der Waals surface area contributed by atoms with Crippen molar-refractivity contribution in [2.45, 2.75) is 38.6 Å². The van der Waals surface area contributed by atoms with E-state index in [1.54, 1.807) is 12.1 Å². The Morgan fingerprint density at radius 2 is 2.00 bits per heavy atom. The maximum atomic E-state index is 13.4. The molecule has 0 aliphatic carbocycles. The fraction of sp³-hybridized carbons (Fsp3) is 0.500. The van der Waals surface area contributed by atoms with Gasteiger partial charge in [0, 0.05) is 11.1 Å². The standard InChI is InChI=1S/C12H18FN/c1-3-4-9-12(2,14)10-7-5-6-8-11(10)13/h5-8H,3-4,9,14H2,1-2H3. The molecule has 1 aromatic rings. The first-order valence-corrected chi connectivity index (χ1v) is 5.12. The van der Waals surface area contributed by atoms with Crippen LogP contribution in [0.15, 0.2) is 24.3 Å². The summed E-state index contributed by atoms with van der Waals surface area (Å²) in [5, 5.41) is 0. The fourth-order valence-electron chi connectivity index (χ4n) is 1.60. The number of benzene rings is 1. The zero-order valence-corrected chi connectivity index (χ0v) is 8.89. The Kier molecular flexibility index (Phi) is 3.64. The third-order valence-electron chi connectivity index (χ3n) is 2.54. The van der Waals surface area contributed by atoms with Gasteiger partial charge >= 0.3 is 0 Å². The smallest absolute Gasteiger partial charge is 0.128 e. The van der Waals surface area contributed by atoms with E-state index in [4.69, 9.17) is 5.73 Å². The van der Waals surface area contributed by atoms with Crippen molar-refractivity contribution in [3.05, 3.63) is 35.6 Å². The highest BCUT2D eigenvalue weighted by Crippen LogP contribution is 2.25. The van der Waals surface area contributed by atoms with Gasteiger partial charge in [-0.2, -0.15) is 0 Å². The van der Waals surface area contributed by atoms with Crippen molar-refractivity contribution in [1.29, 1.82) is 0 Å². The molecule has 1 rings (SSSR count). The van der Waals surface area contributed by atoms with Crippen molar-refractivity contribution in [2.24, 2.45) is 5.73 Å². The first kappa shape index (κ1) is 11.2. The molecule has 2 N–H and O–H groups in total. The molecule has 0 aliphatic rings. The summed E-state index contributed by atoms with van der Waals surface area (Å²) in [6, 6.07) is 6.75. The van der Waals surface area contributed by atoms with E-state index in [-0.39, 0.29) is 5.82 Å². The van der Waals surface area contributed by atoms with Gasteiger partial charge in [0.25, 0.3) is 0 Å². The molecule has 1 nitrogen and oxygen atoms in total. The molecule has 0 aromatic heterocycles. The van der Waals surface area contributed by atoms with Crippen LogP contribution in [-0.2, 0) is 5.54 Å². The summed E-state index contributed by atoms with van der Waals surface area (Å²) in [6.07, 6.45) is 2.94. The van der Waals surface area contributed by atoms with Gasteiger partial charge in [-0.15, -0.1) is 0 Å². The van der Waals surface area contributed by atoms with Crippen LogP contribution in [0.5, 0.6) is 0 Å². The maximum Gasteiger partial charge on any atom is 0.128 e. The van der Waals surface area contributed by atoms with Crippen molar-refractivity contribution in [2.75, 3.05) is 0 Å². The summed E-state index contributed by atoms with van der Waals surface area (Å²) in [5.41, 5.74) is 6.16. The Hall–Kier alpha value is -0.890. The lowest BCUT2D eigenvalue weighted by Crippen LogP contribution is -2.33. The minimum Gasteiger partial charge on any atom is -0.322 e. The minimum atomic E-state index is -0.540. The highest BCUT2D eigenvalue weighted by Gasteiger charge is 2.23. The number of rotatable bonds is 4. The molecule has 1 atom stereocenters. The van der Waals surface area contributed by atoms with Gasteiger partial charge < -0.3 is 5.73 Å². The highest BCUT2D eigenvalue weighted by atomic mass is 19.1. The lowest BCUT2D eigenvalue weighted by molar-refractivity contribution is 0.412. The third-order valence-corrected chi connectivity index (χ3v) is 2.54. The van der Waals surface area contributed by atoms with Gasteiger partial charge in [0.05, 0.1) is 0 Å². The molecule has 0 bridgehead atoms. The van der Waals surface area contributed by atoms with Crippen molar-refractivity contribution in [3.63, 3.8) is 0 Å². The number of halogens is 1. The topological polar surface area (TPSA) is 26.0 Å². The predicted octanol–water partition coefficient (Wildman–Crippen LogP) is 3.19. The van der Waals surface area contributed by atoms with Crippen molar-refractivity contribution >= 4 is 0 Å². The Bertz CT molecular complexity index is 294.